The average molecular weight is 268 g/mol. The Morgan fingerprint density at radius 1 is 1.40 bits per heavy atom. The van der Waals surface area contributed by atoms with Gasteiger partial charge in [0.15, 0.2) is 0 Å². The van der Waals surface area contributed by atoms with E-state index in [9.17, 15) is 0 Å². The fourth-order valence-electron chi connectivity index (χ4n) is 1.83. The van der Waals surface area contributed by atoms with Gasteiger partial charge in [-0.15, -0.1) is 0 Å². The molecule has 2 heterocycles. The Balaban J connectivity index is 2.20. The third-order valence-corrected chi connectivity index (χ3v) is 2.82. The molecule has 0 aromatic carbocycles. The van der Waals surface area contributed by atoms with Gasteiger partial charge in [0.25, 0.3) is 0 Å². The summed E-state index contributed by atoms with van der Waals surface area (Å²) >= 11 is 0. The van der Waals surface area contributed by atoms with E-state index >= 15 is 0 Å². The summed E-state index contributed by atoms with van der Waals surface area (Å²) in [4.78, 5) is 14.5. The fourth-order valence-corrected chi connectivity index (χ4v) is 1.83. The molecule has 0 aliphatic carbocycles. The second-order valence-corrected chi connectivity index (χ2v) is 4.20. The van der Waals surface area contributed by atoms with Gasteiger partial charge in [-0.05, 0) is 11.6 Å². The molecular weight excluding hydrogens is 252 g/mol. The molecule has 20 heavy (non-hydrogen) atoms. The van der Waals surface area contributed by atoms with Gasteiger partial charge in [0.05, 0.1) is 12.5 Å². The van der Waals surface area contributed by atoms with E-state index in [1.54, 1.807) is 6.20 Å². The van der Waals surface area contributed by atoms with E-state index in [1.807, 2.05) is 36.3 Å². The smallest absolute Gasteiger partial charge is 0.134 e. The summed E-state index contributed by atoms with van der Waals surface area (Å²) in [5, 5.41) is 11.8. The number of nitriles is 1. The number of nitrogens with one attached hydrogen (secondary N) is 1. The number of pyridine rings is 1. The van der Waals surface area contributed by atoms with Crippen LogP contribution in [0.4, 0.5) is 11.6 Å². The van der Waals surface area contributed by atoms with E-state index in [-0.39, 0.29) is 0 Å². The summed E-state index contributed by atoms with van der Waals surface area (Å²) in [7, 11) is 1.81. The van der Waals surface area contributed by atoms with Crippen molar-refractivity contribution in [3.8, 4) is 6.07 Å². The van der Waals surface area contributed by atoms with Gasteiger partial charge in [-0.2, -0.15) is 5.26 Å². The van der Waals surface area contributed by atoms with E-state index in [4.69, 9.17) is 5.26 Å². The van der Waals surface area contributed by atoms with Crippen molar-refractivity contribution < 1.29 is 0 Å². The van der Waals surface area contributed by atoms with Crippen molar-refractivity contribution in [3.63, 3.8) is 0 Å². The lowest BCUT2D eigenvalue weighted by atomic mass is 10.2. The molecule has 2 rings (SSSR count). The maximum atomic E-state index is 8.79. The normalized spacial score (nSPS) is 9.80. The standard InChI is InChI=1S/C14H16N6/c1-16-13-8-14(19-11-18-13)20(7-3-5-15)10-12-4-2-6-17-9-12/h2,4,6,8-9,11H,3,7,10H2,1H3,(H,16,18,19). The molecule has 0 fully saturated rings. The Labute approximate surface area is 118 Å². The zero-order valence-electron chi connectivity index (χ0n) is 11.3. The number of hydrogen-bond acceptors (Lipinski definition) is 6. The van der Waals surface area contributed by atoms with Gasteiger partial charge in [-0.25, -0.2) is 9.97 Å². The highest BCUT2D eigenvalue weighted by Crippen LogP contribution is 2.16. The van der Waals surface area contributed by atoms with Crippen LogP contribution in [0.2, 0.25) is 0 Å². The zero-order valence-corrected chi connectivity index (χ0v) is 11.3. The second-order valence-electron chi connectivity index (χ2n) is 4.20. The van der Waals surface area contributed by atoms with Crippen LogP contribution in [0, 0.1) is 11.3 Å². The summed E-state index contributed by atoms with van der Waals surface area (Å²) in [5.41, 5.74) is 1.08. The molecule has 102 valence electrons. The van der Waals surface area contributed by atoms with Crippen molar-refractivity contribution in [3.05, 3.63) is 42.5 Å². The number of anilines is 2. The highest BCUT2D eigenvalue weighted by atomic mass is 15.2. The second kappa shape index (κ2) is 7.04. The van der Waals surface area contributed by atoms with Crippen LogP contribution in [0.3, 0.4) is 0 Å². The lowest BCUT2D eigenvalue weighted by Gasteiger charge is -2.22. The first-order valence-electron chi connectivity index (χ1n) is 6.34. The molecule has 6 nitrogen and oxygen atoms in total. The molecule has 0 aliphatic heterocycles. The van der Waals surface area contributed by atoms with Crippen LogP contribution >= 0.6 is 0 Å². The van der Waals surface area contributed by atoms with Gasteiger partial charge in [0, 0.05) is 38.6 Å². The zero-order chi connectivity index (χ0) is 14.2. The molecular formula is C14H16N6. The van der Waals surface area contributed by atoms with E-state index < -0.39 is 0 Å². The first kappa shape index (κ1) is 13.7. The Morgan fingerprint density at radius 2 is 2.30 bits per heavy atom. The molecule has 1 N–H and O–H groups in total. The molecule has 0 amide bonds. The Hall–Kier alpha value is -2.68. The molecule has 0 atom stereocenters. The number of aromatic nitrogens is 3. The Bertz CT molecular complexity index is 578. The van der Waals surface area contributed by atoms with Crippen LogP contribution < -0.4 is 10.2 Å². The topological polar surface area (TPSA) is 77.7 Å². The van der Waals surface area contributed by atoms with Crippen molar-refractivity contribution >= 4 is 11.6 Å². The van der Waals surface area contributed by atoms with Gasteiger partial charge in [0.2, 0.25) is 0 Å². The minimum Gasteiger partial charge on any atom is -0.373 e. The van der Waals surface area contributed by atoms with Gasteiger partial charge in [0.1, 0.15) is 18.0 Å². The van der Waals surface area contributed by atoms with Crippen LogP contribution in [0.5, 0.6) is 0 Å². The summed E-state index contributed by atoms with van der Waals surface area (Å²) in [6.45, 7) is 1.28. The van der Waals surface area contributed by atoms with Crippen LogP contribution in [-0.4, -0.2) is 28.5 Å². The van der Waals surface area contributed by atoms with Crippen molar-refractivity contribution in [2.45, 2.75) is 13.0 Å². The summed E-state index contributed by atoms with van der Waals surface area (Å²) in [6, 6.07) is 7.94. The van der Waals surface area contributed by atoms with E-state index in [0.717, 1.165) is 17.2 Å². The third-order valence-electron chi connectivity index (χ3n) is 2.82. The fraction of sp³-hybridized carbons (Fsp3) is 0.286. The molecule has 0 spiro atoms. The maximum absolute atomic E-state index is 8.79. The molecule has 0 bridgehead atoms. The molecule has 0 saturated heterocycles. The Kier molecular flexibility index (Phi) is 4.84. The first-order valence-corrected chi connectivity index (χ1v) is 6.34. The number of rotatable bonds is 6. The molecule has 0 radical (unpaired) electrons. The number of nitrogens with zero attached hydrogens (tertiary/aromatic N) is 5. The van der Waals surface area contributed by atoms with E-state index in [1.165, 1.54) is 6.33 Å². The number of hydrogen-bond donors (Lipinski definition) is 1. The Morgan fingerprint density at radius 3 is 3.00 bits per heavy atom. The molecule has 2 aromatic heterocycles. The predicted molar refractivity (Wildman–Crippen MR) is 77.1 cm³/mol. The van der Waals surface area contributed by atoms with Crippen LogP contribution in [0.1, 0.15) is 12.0 Å². The maximum Gasteiger partial charge on any atom is 0.134 e. The van der Waals surface area contributed by atoms with Crippen molar-refractivity contribution in [2.24, 2.45) is 0 Å². The summed E-state index contributed by atoms with van der Waals surface area (Å²) in [6.07, 6.45) is 5.52. The molecule has 2 aromatic rings. The highest BCUT2D eigenvalue weighted by Gasteiger charge is 2.09. The lowest BCUT2D eigenvalue weighted by molar-refractivity contribution is 0.778. The minimum atomic E-state index is 0.444. The SMILES string of the molecule is CNc1cc(N(CCC#N)Cc2cccnc2)ncn1. The van der Waals surface area contributed by atoms with Crippen molar-refractivity contribution in [2.75, 3.05) is 23.8 Å². The molecule has 0 unspecified atom stereocenters. The molecule has 6 heteroatoms. The quantitative estimate of drug-likeness (QED) is 0.861. The van der Waals surface area contributed by atoms with Crippen LogP contribution in [-0.2, 0) is 6.54 Å². The summed E-state index contributed by atoms with van der Waals surface area (Å²) < 4.78 is 0. The van der Waals surface area contributed by atoms with Crippen LogP contribution in [0.25, 0.3) is 0 Å². The third kappa shape index (κ3) is 3.65. The van der Waals surface area contributed by atoms with Crippen LogP contribution in [0.15, 0.2) is 36.9 Å². The van der Waals surface area contributed by atoms with E-state index in [0.29, 0.717) is 19.5 Å². The predicted octanol–water partition coefficient (Wildman–Crippen LogP) is 1.83. The lowest BCUT2D eigenvalue weighted by Crippen LogP contribution is -2.25. The largest absolute Gasteiger partial charge is 0.373 e. The van der Waals surface area contributed by atoms with Gasteiger partial charge >= 0.3 is 0 Å². The van der Waals surface area contributed by atoms with E-state index in [2.05, 4.69) is 26.3 Å². The van der Waals surface area contributed by atoms with Crippen molar-refractivity contribution in [1.29, 1.82) is 5.26 Å². The van der Waals surface area contributed by atoms with Crippen molar-refractivity contribution in [1.82, 2.24) is 15.0 Å². The molecule has 0 saturated carbocycles. The first-order chi connectivity index (χ1) is 9.83. The monoisotopic (exact) mass is 268 g/mol. The van der Waals surface area contributed by atoms with Gasteiger partial charge in [-0.3, -0.25) is 4.98 Å². The summed E-state index contributed by atoms with van der Waals surface area (Å²) in [5.74, 6) is 1.55. The van der Waals surface area contributed by atoms with Gasteiger partial charge < -0.3 is 10.2 Å². The minimum absolute atomic E-state index is 0.444. The highest BCUT2D eigenvalue weighted by molar-refractivity contribution is 5.48. The average Bonchev–Trinajstić information content (AvgIpc) is 2.52. The van der Waals surface area contributed by atoms with Gasteiger partial charge in [-0.1, -0.05) is 6.07 Å². The molecule has 0 aliphatic rings.